The van der Waals surface area contributed by atoms with Crippen LogP contribution >= 0.6 is 0 Å². The monoisotopic (exact) mass is 173 g/mol. The molecular formula is C9H19NO2. The number of hydrogen-bond donors (Lipinski definition) is 2. The maximum atomic E-state index is 11.0. The van der Waals surface area contributed by atoms with Gasteiger partial charge in [-0.05, 0) is 19.8 Å². The second kappa shape index (κ2) is 6.00. The summed E-state index contributed by atoms with van der Waals surface area (Å²) in [7, 11) is 0. The minimum atomic E-state index is -0.263. The Labute approximate surface area is 74.2 Å². The van der Waals surface area contributed by atoms with Crippen molar-refractivity contribution in [2.24, 2.45) is 5.92 Å². The average Bonchev–Trinajstić information content (AvgIpc) is 1.97. The average molecular weight is 173 g/mol. The van der Waals surface area contributed by atoms with Crippen LogP contribution in [0.2, 0.25) is 0 Å². The van der Waals surface area contributed by atoms with Gasteiger partial charge in [-0.2, -0.15) is 0 Å². The number of nitrogens with one attached hydrogen (secondary N) is 1. The van der Waals surface area contributed by atoms with E-state index in [1.54, 1.807) is 6.92 Å². The Hall–Kier alpha value is -0.570. The molecule has 1 amide bonds. The molecule has 0 aliphatic rings. The Morgan fingerprint density at radius 2 is 2.00 bits per heavy atom. The molecule has 0 bridgehead atoms. The van der Waals surface area contributed by atoms with Crippen molar-refractivity contribution in [3.8, 4) is 0 Å². The molecule has 0 spiro atoms. The summed E-state index contributed by atoms with van der Waals surface area (Å²) in [5.41, 5.74) is 0. The third kappa shape index (κ3) is 6.16. The predicted octanol–water partition coefficient (Wildman–Crippen LogP) is 0.920. The minimum Gasteiger partial charge on any atom is -0.393 e. The van der Waals surface area contributed by atoms with Gasteiger partial charge in [0.05, 0.1) is 6.10 Å². The minimum absolute atomic E-state index is 0.0524. The highest BCUT2D eigenvalue weighted by molar-refractivity contribution is 5.77. The molecule has 3 heteroatoms. The fraction of sp³-hybridized carbons (Fsp3) is 0.889. The SMILES string of the molecule is CC(O)CCCNC(=O)C(C)C. The van der Waals surface area contributed by atoms with Crippen molar-refractivity contribution in [2.45, 2.75) is 39.7 Å². The summed E-state index contributed by atoms with van der Waals surface area (Å²) in [6, 6.07) is 0. The third-order valence-electron chi connectivity index (χ3n) is 1.62. The van der Waals surface area contributed by atoms with E-state index in [2.05, 4.69) is 5.32 Å². The molecule has 0 aliphatic carbocycles. The van der Waals surface area contributed by atoms with Crippen molar-refractivity contribution in [2.75, 3.05) is 6.54 Å². The van der Waals surface area contributed by atoms with Crippen LogP contribution in [-0.2, 0) is 4.79 Å². The van der Waals surface area contributed by atoms with Crippen molar-refractivity contribution in [3.05, 3.63) is 0 Å². The van der Waals surface area contributed by atoms with Gasteiger partial charge in [0.1, 0.15) is 0 Å². The van der Waals surface area contributed by atoms with Gasteiger partial charge in [0.15, 0.2) is 0 Å². The highest BCUT2D eigenvalue weighted by Crippen LogP contribution is 1.95. The molecular weight excluding hydrogens is 154 g/mol. The molecule has 1 atom stereocenters. The fourth-order valence-corrected chi connectivity index (χ4v) is 0.813. The van der Waals surface area contributed by atoms with Crippen LogP contribution in [0.3, 0.4) is 0 Å². The molecule has 0 heterocycles. The Morgan fingerprint density at radius 1 is 1.42 bits per heavy atom. The predicted molar refractivity (Wildman–Crippen MR) is 48.8 cm³/mol. The molecule has 0 aromatic rings. The van der Waals surface area contributed by atoms with Gasteiger partial charge in [-0.25, -0.2) is 0 Å². The lowest BCUT2D eigenvalue weighted by Crippen LogP contribution is -2.28. The van der Waals surface area contributed by atoms with E-state index in [1.807, 2.05) is 13.8 Å². The highest BCUT2D eigenvalue weighted by atomic mass is 16.3. The topological polar surface area (TPSA) is 49.3 Å². The Bertz CT molecular complexity index is 132. The first kappa shape index (κ1) is 11.4. The molecule has 72 valence electrons. The second-order valence-corrected chi connectivity index (χ2v) is 3.44. The lowest BCUT2D eigenvalue weighted by molar-refractivity contribution is -0.124. The van der Waals surface area contributed by atoms with Crippen LogP contribution in [0.1, 0.15) is 33.6 Å². The van der Waals surface area contributed by atoms with E-state index in [0.29, 0.717) is 6.54 Å². The van der Waals surface area contributed by atoms with Gasteiger partial charge in [-0.15, -0.1) is 0 Å². The molecule has 0 aromatic heterocycles. The van der Waals surface area contributed by atoms with Gasteiger partial charge in [0.2, 0.25) is 5.91 Å². The zero-order valence-corrected chi connectivity index (χ0v) is 8.13. The summed E-state index contributed by atoms with van der Waals surface area (Å²) < 4.78 is 0. The molecule has 0 radical (unpaired) electrons. The number of amides is 1. The summed E-state index contributed by atoms with van der Waals surface area (Å²) >= 11 is 0. The molecule has 0 rings (SSSR count). The summed E-state index contributed by atoms with van der Waals surface area (Å²) in [4.78, 5) is 11.0. The molecule has 0 saturated heterocycles. The maximum absolute atomic E-state index is 11.0. The van der Waals surface area contributed by atoms with Crippen molar-refractivity contribution in [1.29, 1.82) is 0 Å². The van der Waals surface area contributed by atoms with E-state index in [9.17, 15) is 4.79 Å². The number of aliphatic hydroxyl groups is 1. The molecule has 2 N–H and O–H groups in total. The van der Waals surface area contributed by atoms with Gasteiger partial charge >= 0.3 is 0 Å². The van der Waals surface area contributed by atoms with Crippen LogP contribution < -0.4 is 5.32 Å². The molecule has 1 unspecified atom stereocenters. The molecule has 3 nitrogen and oxygen atoms in total. The molecule has 0 fully saturated rings. The van der Waals surface area contributed by atoms with Crippen LogP contribution in [-0.4, -0.2) is 23.7 Å². The van der Waals surface area contributed by atoms with Crippen molar-refractivity contribution in [1.82, 2.24) is 5.32 Å². The first-order valence-corrected chi connectivity index (χ1v) is 4.49. The standard InChI is InChI=1S/C9H19NO2/c1-7(2)9(12)10-6-4-5-8(3)11/h7-8,11H,4-6H2,1-3H3,(H,10,12). The fourth-order valence-electron chi connectivity index (χ4n) is 0.813. The maximum Gasteiger partial charge on any atom is 0.222 e. The summed E-state index contributed by atoms with van der Waals surface area (Å²) in [5.74, 6) is 0.136. The van der Waals surface area contributed by atoms with Gasteiger partial charge in [-0.3, -0.25) is 4.79 Å². The zero-order valence-electron chi connectivity index (χ0n) is 8.13. The van der Waals surface area contributed by atoms with E-state index >= 15 is 0 Å². The van der Waals surface area contributed by atoms with E-state index in [1.165, 1.54) is 0 Å². The number of aliphatic hydroxyl groups excluding tert-OH is 1. The number of rotatable bonds is 5. The second-order valence-electron chi connectivity index (χ2n) is 3.44. The zero-order chi connectivity index (χ0) is 9.56. The van der Waals surface area contributed by atoms with Crippen molar-refractivity contribution >= 4 is 5.91 Å². The van der Waals surface area contributed by atoms with Crippen LogP contribution in [0.4, 0.5) is 0 Å². The van der Waals surface area contributed by atoms with Crippen molar-refractivity contribution in [3.63, 3.8) is 0 Å². The molecule has 0 aromatic carbocycles. The summed E-state index contributed by atoms with van der Waals surface area (Å²) in [6.07, 6.45) is 1.33. The van der Waals surface area contributed by atoms with Crippen LogP contribution in [0, 0.1) is 5.92 Å². The Morgan fingerprint density at radius 3 is 2.42 bits per heavy atom. The third-order valence-corrected chi connectivity index (χ3v) is 1.62. The first-order valence-electron chi connectivity index (χ1n) is 4.49. The van der Waals surface area contributed by atoms with Crippen LogP contribution in [0.5, 0.6) is 0 Å². The lowest BCUT2D eigenvalue weighted by atomic mass is 10.2. The lowest BCUT2D eigenvalue weighted by Gasteiger charge is -2.07. The Balaban J connectivity index is 3.26. The van der Waals surface area contributed by atoms with Crippen LogP contribution in [0.15, 0.2) is 0 Å². The normalized spacial score (nSPS) is 13.1. The van der Waals surface area contributed by atoms with Crippen LogP contribution in [0.25, 0.3) is 0 Å². The largest absolute Gasteiger partial charge is 0.393 e. The molecule has 0 aliphatic heterocycles. The van der Waals surface area contributed by atoms with Crippen molar-refractivity contribution < 1.29 is 9.90 Å². The van der Waals surface area contributed by atoms with Gasteiger partial charge in [0, 0.05) is 12.5 Å². The number of hydrogen-bond acceptors (Lipinski definition) is 2. The van der Waals surface area contributed by atoms with E-state index < -0.39 is 0 Å². The van der Waals surface area contributed by atoms with Gasteiger partial charge in [-0.1, -0.05) is 13.8 Å². The molecule has 0 saturated carbocycles. The highest BCUT2D eigenvalue weighted by Gasteiger charge is 2.04. The quantitative estimate of drug-likeness (QED) is 0.607. The summed E-state index contributed by atoms with van der Waals surface area (Å²) in [6.45, 7) is 6.15. The van der Waals surface area contributed by atoms with Gasteiger partial charge in [0.25, 0.3) is 0 Å². The molecule has 12 heavy (non-hydrogen) atoms. The van der Waals surface area contributed by atoms with E-state index in [-0.39, 0.29) is 17.9 Å². The smallest absolute Gasteiger partial charge is 0.222 e. The van der Waals surface area contributed by atoms with Gasteiger partial charge < -0.3 is 10.4 Å². The Kier molecular flexibility index (Phi) is 5.72. The summed E-state index contributed by atoms with van der Waals surface area (Å²) in [5, 5.41) is 11.7. The number of carbonyl (C=O) groups is 1. The first-order chi connectivity index (χ1) is 5.54. The van der Waals surface area contributed by atoms with E-state index in [4.69, 9.17) is 5.11 Å². The number of carbonyl (C=O) groups excluding carboxylic acids is 1. The van der Waals surface area contributed by atoms with E-state index in [0.717, 1.165) is 12.8 Å².